The molecule has 0 aliphatic carbocycles. The Hall–Kier alpha value is -0.650. The van der Waals surface area contributed by atoms with Crippen molar-refractivity contribution in [3.05, 3.63) is 0 Å². The largest absolute Gasteiger partial charge is 0.376 e. The van der Waals surface area contributed by atoms with Gasteiger partial charge >= 0.3 is 0 Å². The van der Waals surface area contributed by atoms with Gasteiger partial charge in [0.15, 0.2) is 6.54 Å². The van der Waals surface area contributed by atoms with Crippen molar-refractivity contribution in [3.8, 4) is 0 Å². The van der Waals surface area contributed by atoms with E-state index >= 15 is 0 Å². The molecule has 2 fully saturated rings. The summed E-state index contributed by atoms with van der Waals surface area (Å²) in [4.78, 5) is 14.7. The second-order valence-electron chi connectivity index (χ2n) is 5.32. The van der Waals surface area contributed by atoms with Crippen LogP contribution in [0.5, 0.6) is 0 Å². The molecule has 0 bridgehead atoms. The van der Waals surface area contributed by atoms with E-state index in [1.807, 2.05) is 0 Å². The van der Waals surface area contributed by atoms with Gasteiger partial charge < -0.3 is 19.9 Å². The molecule has 2 aliphatic rings. The van der Waals surface area contributed by atoms with Crippen molar-refractivity contribution >= 4 is 5.91 Å². The van der Waals surface area contributed by atoms with E-state index in [4.69, 9.17) is 4.74 Å². The molecule has 2 aliphatic heterocycles. The van der Waals surface area contributed by atoms with Crippen LogP contribution in [0.3, 0.4) is 0 Å². The van der Waals surface area contributed by atoms with Crippen LogP contribution in [0.25, 0.3) is 0 Å². The number of nitrogens with one attached hydrogen (secondary N) is 3. The minimum absolute atomic E-state index is 0.176. The highest BCUT2D eigenvalue weighted by Gasteiger charge is 2.23. The third-order valence-corrected chi connectivity index (χ3v) is 3.77. The number of rotatable bonds is 4. The second-order valence-corrected chi connectivity index (χ2v) is 5.32. The van der Waals surface area contributed by atoms with Crippen LogP contribution < -0.4 is 15.1 Å². The van der Waals surface area contributed by atoms with Gasteiger partial charge in [-0.1, -0.05) is 0 Å². The van der Waals surface area contributed by atoms with Crippen molar-refractivity contribution in [1.29, 1.82) is 0 Å². The Morgan fingerprint density at radius 3 is 2.76 bits per heavy atom. The van der Waals surface area contributed by atoms with Crippen LogP contribution in [0.15, 0.2) is 0 Å². The molecule has 0 saturated carbocycles. The van der Waals surface area contributed by atoms with Gasteiger partial charge in [0.25, 0.3) is 5.91 Å². The van der Waals surface area contributed by atoms with Crippen molar-refractivity contribution in [2.75, 3.05) is 52.9 Å². The van der Waals surface area contributed by atoms with E-state index < -0.39 is 0 Å². The van der Waals surface area contributed by atoms with Gasteiger partial charge in [-0.25, -0.2) is 0 Å². The van der Waals surface area contributed by atoms with Crippen molar-refractivity contribution in [2.45, 2.75) is 18.9 Å². The van der Waals surface area contributed by atoms with E-state index in [9.17, 15) is 4.79 Å². The van der Waals surface area contributed by atoms with Crippen molar-refractivity contribution in [1.82, 2.24) is 5.32 Å². The number of amides is 1. The fraction of sp³-hybridized carbons (Fsp3) is 0.917. The maximum absolute atomic E-state index is 11.8. The molecule has 1 amide bonds. The molecule has 5 heteroatoms. The highest BCUT2D eigenvalue weighted by Crippen LogP contribution is 2.10. The van der Waals surface area contributed by atoms with Crippen molar-refractivity contribution in [2.24, 2.45) is 0 Å². The fourth-order valence-electron chi connectivity index (χ4n) is 2.53. The standard InChI is InChI=1S/C12H23N3O2/c1-14-4-6-15(7-5-14)10-12(16)13-9-11-3-2-8-17-11/h11H,2-10H2,1H3,(H,13,16)/p+2/t11-/m1/s1. The minimum atomic E-state index is 0.176. The Morgan fingerprint density at radius 1 is 1.35 bits per heavy atom. The summed E-state index contributed by atoms with van der Waals surface area (Å²) in [6.07, 6.45) is 2.48. The Labute approximate surface area is 103 Å². The molecular weight excluding hydrogens is 218 g/mol. The molecule has 0 spiro atoms. The van der Waals surface area contributed by atoms with Crippen LogP contribution in [-0.2, 0) is 9.53 Å². The molecule has 0 radical (unpaired) electrons. The molecule has 2 heterocycles. The Bertz CT molecular complexity index is 246. The van der Waals surface area contributed by atoms with E-state index in [-0.39, 0.29) is 12.0 Å². The lowest BCUT2D eigenvalue weighted by atomic mass is 10.2. The highest BCUT2D eigenvalue weighted by atomic mass is 16.5. The minimum Gasteiger partial charge on any atom is -0.376 e. The van der Waals surface area contributed by atoms with Crippen LogP contribution in [0.2, 0.25) is 0 Å². The predicted octanol–water partition coefficient (Wildman–Crippen LogP) is -3.31. The topological polar surface area (TPSA) is 47.2 Å². The van der Waals surface area contributed by atoms with Crippen LogP contribution in [-0.4, -0.2) is 64.9 Å². The van der Waals surface area contributed by atoms with Gasteiger partial charge in [-0.2, -0.15) is 0 Å². The average molecular weight is 243 g/mol. The van der Waals surface area contributed by atoms with Gasteiger partial charge in [-0.15, -0.1) is 0 Å². The molecule has 0 aromatic heterocycles. The summed E-state index contributed by atoms with van der Waals surface area (Å²) in [5, 5.41) is 2.99. The number of piperazine rings is 1. The summed E-state index contributed by atoms with van der Waals surface area (Å²) in [6.45, 7) is 6.74. The summed E-state index contributed by atoms with van der Waals surface area (Å²) in [5.41, 5.74) is 0. The van der Waals surface area contributed by atoms with E-state index in [0.29, 0.717) is 13.1 Å². The molecule has 1 atom stereocenters. The summed E-state index contributed by atoms with van der Waals surface area (Å²) < 4.78 is 5.48. The van der Waals surface area contributed by atoms with Gasteiger partial charge in [-0.05, 0) is 12.8 Å². The number of quaternary nitrogens is 2. The Morgan fingerprint density at radius 2 is 2.12 bits per heavy atom. The lowest BCUT2D eigenvalue weighted by molar-refractivity contribution is -1.000. The van der Waals surface area contributed by atoms with Gasteiger partial charge in [0.1, 0.15) is 26.2 Å². The van der Waals surface area contributed by atoms with Crippen LogP contribution >= 0.6 is 0 Å². The Kier molecular flexibility index (Phi) is 4.76. The maximum Gasteiger partial charge on any atom is 0.275 e. The number of hydrogen-bond donors (Lipinski definition) is 3. The third-order valence-electron chi connectivity index (χ3n) is 3.77. The number of carbonyl (C=O) groups is 1. The first-order chi connectivity index (χ1) is 8.24. The molecule has 17 heavy (non-hydrogen) atoms. The first kappa shape index (κ1) is 12.8. The molecular formula is C12H25N3O2+2. The lowest BCUT2D eigenvalue weighted by Gasteiger charge is -2.26. The first-order valence-electron chi connectivity index (χ1n) is 6.77. The quantitative estimate of drug-likeness (QED) is 0.484. The number of hydrogen-bond acceptors (Lipinski definition) is 2. The maximum atomic E-state index is 11.8. The van der Waals surface area contributed by atoms with E-state index in [1.165, 1.54) is 18.0 Å². The Balaban J connectivity index is 1.60. The number of likely N-dealkylation sites (N-methyl/N-ethyl adjacent to an activating group) is 1. The van der Waals surface area contributed by atoms with Gasteiger partial charge in [0, 0.05) is 13.2 Å². The second kappa shape index (κ2) is 6.33. The zero-order chi connectivity index (χ0) is 12.1. The van der Waals surface area contributed by atoms with Gasteiger partial charge in [0.05, 0.1) is 13.2 Å². The van der Waals surface area contributed by atoms with E-state index in [0.717, 1.165) is 32.5 Å². The van der Waals surface area contributed by atoms with Crippen LogP contribution in [0.1, 0.15) is 12.8 Å². The summed E-state index contributed by atoms with van der Waals surface area (Å²) in [6, 6.07) is 0. The zero-order valence-corrected chi connectivity index (χ0v) is 10.8. The molecule has 98 valence electrons. The predicted molar refractivity (Wildman–Crippen MR) is 64.2 cm³/mol. The zero-order valence-electron chi connectivity index (χ0n) is 10.8. The highest BCUT2D eigenvalue weighted by molar-refractivity contribution is 5.76. The van der Waals surface area contributed by atoms with E-state index in [1.54, 1.807) is 4.90 Å². The molecule has 2 saturated heterocycles. The summed E-state index contributed by atoms with van der Waals surface area (Å²) >= 11 is 0. The number of ether oxygens (including phenoxy) is 1. The van der Waals surface area contributed by atoms with Crippen molar-refractivity contribution < 1.29 is 19.3 Å². The molecule has 0 aromatic rings. The third kappa shape index (κ3) is 4.26. The molecule has 5 nitrogen and oxygen atoms in total. The molecule has 0 unspecified atom stereocenters. The monoisotopic (exact) mass is 243 g/mol. The summed E-state index contributed by atoms with van der Waals surface area (Å²) in [7, 11) is 2.22. The van der Waals surface area contributed by atoms with Crippen molar-refractivity contribution in [3.63, 3.8) is 0 Å². The fourth-order valence-corrected chi connectivity index (χ4v) is 2.53. The van der Waals surface area contributed by atoms with Gasteiger partial charge in [0.2, 0.25) is 0 Å². The first-order valence-corrected chi connectivity index (χ1v) is 6.77. The molecule has 3 N–H and O–H groups in total. The van der Waals surface area contributed by atoms with E-state index in [2.05, 4.69) is 12.4 Å². The average Bonchev–Trinajstić information content (AvgIpc) is 2.83. The summed E-state index contributed by atoms with van der Waals surface area (Å²) in [5.74, 6) is 0.176. The van der Waals surface area contributed by atoms with Crippen LogP contribution in [0.4, 0.5) is 0 Å². The number of carbonyl (C=O) groups excluding carboxylic acids is 1. The SMILES string of the molecule is C[NH+]1CC[NH+](CC(=O)NC[C@H]2CCCO2)CC1. The smallest absolute Gasteiger partial charge is 0.275 e. The lowest BCUT2D eigenvalue weighted by Crippen LogP contribution is -3.27. The van der Waals surface area contributed by atoms with Crippen LogP contribution in [0, 0.1) is 0 Å². The van der Waals surface area contributed by atoms with Gasteiger partial charge in [-0.3, -0.25) is 4.79 Å². The molecule has 2 rings (SSSR count). The normalized spacial score (nSPS) is 33.6. The molecule has 0 aromatic carbocycles.